The van der Waals surface area contributed by atoms with Crippen molar-refractivity contribution in [2.24, 2.45) is 5.92 Å². The van der Waals surface area contributed by atoms with Crippen molar-refractivity contribution < 1.29 is 9.53 Å². The second-order valence-corrected chi connectivity index (χ2v) is 7.29. The predicted octanol–water partition coefficient (Wildman–Crippen LogP) is 1.69. The van der Waals surface area contributed by atoms with Gasteiger partial charge in [0.05, 0.1) is 36.3 Å². The third-order valence-corrected chi connectivity index (χ3v) is 5.26. The lowest BCUT2D eigenvalue weighted by Gasteiger charge is -2.31. The predicted molar refractivity (Wildman–Crippen MR) is 113 cm³/mol. The lowest BCUT2D eigenvalue weighted by atomic mass is 9.97. The molecule has 0 radical (unpaired) electrons. The molecule has 30 heavy (non-hydrogen) atoms. The van der Waals surface area contributed by atoms with Crippen LogP contribution in [0.25, 0.3) is 10.9 Å². The molecular formula is C21H24N6O3. The highest BCUT2D eigenvalue weighted by Crippen LogP contribution is 2.22. The second kappa shape index (κ2) is 9.00. The Bertz CT molecular complexity index is 1090. The second-order valence-electron chi connectivity index (χ2n) is 7.29. The summed E-state index contributed by atoms with van der Waals surface area (Å²) in [6.45, 7) is 2.24. The zero-order valence-electron chi connectivity index (χ0n) is 16.8. The topological polar surface area (TPSA) is 102 Å². The average Bonchev–Trinajstić information content (AvgIpc) is 2.79. The molecule has 1 aromatic carbocycles. The first-order valence-electron chi connectivity index (χ1n) is 9.96. The first kappa shape index (κ1) is 20.0. The van der Waals surface area contributed by atoms with E-state index in [-0.39, 0.29) is 17.4 Å². The van der Waals surface area contributed by atoms with Crippen LogP contribution in [0.3, 0.4) is 0 Å². The standard InChI is InChI=1S/C21H24N6O3/c1-30-11-10-27-14-24-18-6-5-16(12-17(18)20(27)29)25-19(28)15-4-2-9-26(13-15)21-22-7-3-8-23-21/h3,5-8,12,14-15H,2,4,9-11,13H2,1H3,(H,25,28). The Morgan fingerprint density at radius 3 is 2.90 bits per heavy atom. The molecule has 1 aliphatic heterocycles. The van der Waals surface area contributed by atoms with E-state index in [9.17, 15) is 9.59 Å². The van der Waals surface area contributed by atoms with E-state index in [1.165, 1.54) is 10.9 Å². The molecule has 0 aliphatic carbocycles. The van der Waals surface area contributed by atoms with Crippen molar-refractivity contribution in [2.75, 3.05) is 37.0 Å². The van der Waals surface area contributed by atoms with Crippen LogP contribution in [0.4, 0.5) is 11.6 Å². The van der Waals surface area contributed by atoms with E-state index < -0.39 is 0 Å². The number of nitrogens with zero attached hydrogens (tertiary/aromatic N) is 5. The van der Waals surface area contributed by atoms with Crippen molar-refractivity contribution in [3.8, 4) is 0 Å². The Hall–Kier alpha value is -3.33. The number of carbonyl (C=O) groups is 1. The summed E-state index contributed by atoms with van der Waals surface area (Å²) in [4.78, 5) is 40.5. The van der Waals surface area contributed by atoms with E-state index in [4.69, 9.17) is 4.74 Å². The molecule has 9 heteroatoms. The monoisotopic (exact) mass is 408 g/mol. The van der Waals surface area contributed by atoms with E-state index in [1.54, 1.807) is 43.8 Å². The highest BCUT2D eigenvalue weighted by Gasteiger charge is 2.27. The molecule has 156 valence electrons. The smallest absolute Gasteiger partial charge is 0.261 e. The minimum Gasteiger partial charge on any atom is -0.383 e. The van der Waals surface area contributed by atoms with E-state index in [1.807, 2.05) is 4.90 Å². The molecule has 0 spiro atoms. The fourth-order valence-corrected chi connectivity index (χ4v) is 3.66. The van der Waals surface area contributed by atoms with E-state index in [2.05, 4.69) is 20.3 Å². The highest BCUT2D eigenvalue weighted by molar-refractivity contribution is 5.95. The number of hydrogen-bond donors (Lipinski definition) is 1. The van der Waals surface area contributed by atoms with Crippen LogP contribution in [0.15, 0.2) is 47.8 Å². The summed E-state index contributed by atoms with van der Waals surface area (Å²) in [7, 11) is 1.59. The van der Waals surface area contributed by atoms with Crippen LogP contribution in [0, 0.1) is 5.92 Å². The van der Waals surface area contributed by atoms with Crippen LogP contribution in [0.1, 0.15) is 12.8 Å². The zero-order chi connectivity index (χ0) is 20.9. The number of amides is 1. The maximum absolute atomic E-state index is 12.9. The van der Waals surface area contributed by atoms with Gasteiger partial charge in [0.25, 0.3) is 5.56 Å². The average molecular weight is 408 g/mol. The zero-order valence-corrected chi connectivity index (χ0v) is 16.8. The fourth-order valence-electron chi connectivity index (χ4n) is 3.66. The van der Waals surface area contributed by atoms with Crippen LogP contribution in [-0.4, -0.2) is 52.2 Å². The molecule has 1 amide bonds. The van der Waals surface area contributed by atoms with Gasteiger partial charge in [-0.25, -0.2) is 15.0 Å². The molecule has 1 atom stereocenters. The van der Waals surface area contributed by atoms with Crippen LogP contribution < -0.4 is 15.8 Å². The number of rotatable bonds is 6. The van der Waals surface area contributed by atoms with Crippen molar-refractivity contribution in [1.82, 2.24) is 19.5 Å². The van der Waals surface area contributed by atoms with Gasteiger partial charge in [-0.1, -0.05) is 0 Å². The van der Waals surface area contributed by atoms with Crippen LogP contribution >= 0.6 is 0 Å². The summed E-state index contributed by atoms with van der Waals surface area (Å²) in [5.74, 6) is 0.396. The summed E-state index contributed by atoms with van der Waals surface area (Å²) in [5.41, 5.74) is 1.03. The number of fused-ring (bicyclic) bond motifs is 1. The Morgan fingerprint density at radius 1 is 1.27 bits per heavy atom. The number of nitrogens with one attached hydrogen (secondary N) is 1. The summed E-state index contributed by atoms with van der Waals surface area (Å²) in [6, 6.07) is 6.98. The maximum Gasteiger partial charge on any atom is 0.261 e. The molecule has 1 fully saturated rings. The number of aromatic nitrogens is 4. The summed E-state index contributed by atoms with van der Waals surface area (Å²) in [5, 5.41) is 3.43. The number of methoxy groups -OCH3 is 1. The molecule has 4 rings (SSSR count). The van der Waals surface area contributed by atoms with Crippen molar-refractivity contribution in [3.05, 3.63) is 53.3 Å². The third kappa shape index (κ3) is 4.30. The van der Waals surface area contributed by atoms with Crippen molar-refractivity contribution in [2.45, 2.75) is 19.4 Å². The Balaban J connectivity index is 1.49. The lowest BCUT2D eigenvalue weighted by Crippen LogP contribution is -2.41. The number of benzene rings is 1. The molecule has 9 nitrogen and oxygen atoms in total. The normalized spacial score (nSPS) is 16.6. The van der Waals surface area contributed by atoms with Crippen molar-refractivity contribution >= 4 is 28.4 Å². The van der Waals surface area contributed by atoms with E-state index >= 15 is 0 Å². The fraction of sp³-hybridized carbons (Fsp3) is 0.381. The molecular weight excluding hydrogens is 384 g/mol. The van der Waals surface area contributed by atoms with Gasteiger partial charge in [-0.3, -0.25) is 14.2 Å². The molecule has 0 saturated carbocycles. The van der Waals surface area contributed by atoms with Gasteiger partial charge in [0.2, 0.25) is 11.9 Å². The van der Waals surface area contributed by atoms with Gasteiger partial charge >= 0.3 is 0 Å². The van der Waals surface area contributed by atoms with E-state index in [0.717, 1.165) is 19.4 Å². The lowest BCUT2D eigenvalue weighted by molar-refractivity contribution is -0.120. The summed E-state index contributed by atoms with van der Waals surface area (Å²) in [6.07, 6.45) is 6.61. The molecule has 1 unspecified atom stereocenters. The number of ether oxygens (including phenoxy) is 1. The van der Waals surface area contributed by atoms with Crippen molar-refractivity contribution in [1.29, 1.82) is 0 Å². The van der Waals surface area contributed by atoms with Gasteiger partial charge in [0, 0.05) is 38.3 Å². The number of carbonyl (C=O) groups excluding carboxylic acids is 1. The number of hydrogen-bond acceptors (Lipinski definition) is 7. The van der Waals surface area contributed by atoms with Gasteiger partial charge in [-0.05, 0) is 37.1 Å². The van der Waals surface area contributed by atoms with Crippen LogP contribution in [0.5, 0.6) is 0 Å². The van der Waals surface area contributed by atoms with Crippen molar-refractivity contribution in [3.63, 3.8) is 0 Å². The van der Waals surface area contributed by atoms with Gasteiger partial charge in [-0.15, -0.1) is 0 Å². The largest absolute Gasteiger partial charge is 0.383 e. The quantitative estimate of drug-likeness (QED) is 0.662. The number of anilines is 2. The van der Waals surface area contributed by atoms with Gasteiger partial charge in [0.1, 0.15) is 0 Å². The van der Waals surface area contributed by atoms with E-state index in [0.29, 0.717) is 42.2 Å². The first-order valence-corrected chi connectivity index (χ1v) is 9.96. The minimum atomic E-state index is -0.175. The van der Waals surface area contributed by atoms with Crippen LogP contribution in [0.2, 0.25) is 0 Å². The van der Waals surface area contributed by atoms with Gasteiger partial charge < -0.3 is 15.0 Å². The van der Waals surface area contributed by atoms with Crippen LogP contribution in [-0.2, 0) is 16.1 Å². The van der Waals surface area contributed by atoms with Gasteiger partial charge in [-0.2, -0.15) is 0 Å². The molecule has 3 heterocycles. The highest BCUT2D eigenvalue weighted by atomic mass is 16.5. The summed E-state index contributed by atoms with van der Waals surface area (Å²) < 4.78 is 6.55. The Morgan fingerprint density at radius 2 is 2.10 bits per heavy atom. The molecule has 2 aromatic heterocycles. The maximum atomic E-state index is 12.9. The van der Waals surface area contributed by atoms with Gasteiger partial charge in [0.15, 0.2) is 0 Å². The molecule has 1 N–H and O–H groups in total. The molecule has 1 saturated heterocycles. The molecule has 3 aromatic rings. The minimum absolute atomic E-state index is 0.0708. The first-order chi connectivity index (χ1) is 14.7. The molecule has 0 bridgehead atoms. The Kier molecular flexibility index (Phi) is 5.99. The molecule has 1 aliphatic rings. The summed E-state index contributed by atoms with van der Waals surface area (Å²) >= 11 is 0. The third-order valence-electron chi connectivity index (χ3n) is 5.26. The number of piperidine rings is 1. The SMILES string of the molecule is COCCn1cnc2ccc(NC(=O)C3CCCN(c4ncccn4)C3)cc2c1=O. The Labute approximate surface area is 173 Å².